The lowest BCUT2D eigenvalue weighted by Crippen LogP contribution is -2.39. The number of nitrogens with zero attached hydrogens (tertiary/aromatic N) is 3. The van der Waals surface area contributed by atoms with Gasteiger partial charge >= 0.3 is 12.1 Å². The van der Waals surface area contributed by atoms with Crippen LogP contribution in [0.5, 0.6) is 0 Å². The van der Waals surface area contributed by atoms with Gasteiger partial charge in [-0.15, -0.1) is 0 Å². The van der Waals surface area contributed by atoms with Crippen LogP contribution < -0.4 is 0 Å². The van der Waals surface area contributed by atoms with E-state index in [1.807, 2.05) is 17.0 Å². The third-order valence-corrected chi connectivity index (χ3v) is 5.64. The quantitative estimate of drug-likeness (QED) is 0.793. The summed E-state index contributed by atoms with van der Waals surface area (Å²) in [6.07, 6.45) is 0.540. The highest BCUT2D eigenvalue weighted by atomic mass is 32.2. The molecule has 2 atom stereocenters. The Morgan fingerprint density at radius 3 is 2.33 bits per heavy atom. The molecule has 3 heterocycles. The Hall–Kier alpha value is -2.21. The Morgan fingerprint density at radius 2 is 1.85 bits per heavy atom. The number of carboxylic acids is 1. The summed E-state index contributed by atoms with van der Waals surface area (Å²) in [5.74, 6) is -2.72. The lowest BCUT2D eigenvalue weighted by atomic mass is 10.1. The largest absolute Gasteiger partial charge is 0.490 e. The second kappa shape index (κ2) is 7.80. The number of halogens is 3. The Kier molecular flexibility index (Phi) is 6.10. The van der Waals surface area contributed by atoms with Crippen LogP contribution in [0.2, 0.25) is 0 Å². The molecule has 1 amide bonds. The average molecular weight is 409 g/mol. The van der Waals surface area contributed by atoms with Crippen molar-refractivity contribution in [1.29, 1.82) is 0 Å². The van der Waals surface area contributed by atoms with E-state index in [0.717, 1.165) is 5.56 Å². The second-order valence-corrected chi connectivity index (χ2v) is 8.12. The first-order valence-corrected chi connectivity index (χ1v) is 9.71. The Morgan fingerprint density at radius 1 is 1.30 bits per heavy atom. The number of likely N-dealkylation sites (tertiary alicyclic amines) is 1. The number of fused-ring (bicyclic) bond motifs is 1. The van der Waals surface area contributed by atoms with Crippen molar-refractivity contribution in [3.63, 3.8) is 0 Å². The molecular formula is C15H18F3N3O5S. The highest BCUT2D eigenvalue weighted by molar-refractivity contribution is 7.88. The maximum absolute atomic E-state index is 12.2. The summed E-state index contributed by atoms with van der Waals surface area (Å²) in [5.41, 5.74) is 1.02. The maximum Gasteiger partial charge on any atom is 0.490 e. The Balaban J connectivity index is 0.000000321. The molecule has 0 radical (unpaired) electrons. The van der Waals surface area contributed by atoms with Crippen molar-refractivity contribution in [2.24, 2.45) is 0 Å². The van der Waals surface area contributed by atoms with Crippen molar-refractivity contribution in [3.05, 3.63) is 30.1 Å². The van der Waals surface area contributed by atoms with Crippen LogP contribution in [0.15, 0.2) is 24.5 Å². The molecule has 2 aliphatic heterocycles. The monoisotopic (exact) mass is 409 g/mol. The topological polar surface area (TPSA) is 108 Å². The summed E-state index contributed by atoms with van der Waals surface area (Å²) in [7, 11) is -3.23. The minimum atomic E-state index is -5.08. The Labute approximate surface area is 153 Å². The molecule has 1 N–H and O–H groups in total. The van der Waals surface area contributed by atoms with Crippen LogP contribution in [0.25, 0.3) is 0 Å². The summed E-state index contributed by atoms with van der Waals surface area (Å²) < 4.78 is 56.7. The van der Waals surface area contributed by atoms with Crippen molar-refractivity contribution < 1.29 is 36.3 Å². The molecule has 0 aromatic carbocycles. The Bertz CT molecular complexity index is 801. The predicted octanol–water partition coefficient (Wildman–Crippen LogP) is 0.850. The summed E-state index contributed by atoms with van der Waals surface area (Å²) >= 11 is 0. The molecule has 1 aromatic heterocycles. The molecule has 8 nitrogen and oxygen atoms in total. The van der Waals surface area contributed by atoms with E-state index in [1.165, 1.54) is 10.6 Å². The number of carbonyl (C=O) groups excluding carboxylic acids is 1. The molecule has 0 spiro atoms. The van der Waals surface area contributed by atoms with Crippen molar-refractivity contribution >= 4 is 21.9 Å². The third kappa shape index (κ3) is 5.16. The van der Waals surface area contributed by atoms with Gasteiger partial charge in [0.15, 0.2) is 0 Å². The fourth-order valence-electron chi connectivity index (χ4n) is 3.19. The van der Waals surface area contributed by atoms with Gasteiger partial charge in [0, 0.05) is 31.9 Å². The van der Waals surface area contributed by atoms with Crippen LogP contribution >= 0.6 is 0 Å². The minimum Gasteiger partial charge on any atom is -0.475 e. The van der Waals surface area contributed by atoms with Crippen molar-refractivity contribution in [2.45, 2.75) is 37.6 Å². The zero-order valence-electron chi connectivity index (χ0n) is 14.3. The number of aromatic nitrogens is 1. The summed E-state index contributed by atoms with van der Waals surface area (Å²) in [4.78, 5) is 26.8. The molecule has 0 aliphatic carbocycles. The molecule has 2 saturated heterocycles. The number of hydrogen-bond donors (Lipinski definition) is 1. The molecule has 3 rings (SSSR count). The fourth-order valence-corrected chi connectivity index (χ4v) is 4.34. The van der Waals surface area contributed by atoms with Crippen LogP contribution in [0.4, 0.5) is 13.2 Å². The van der Waals surface area contributed by atoms with Crippen LogP contribution in [0, 0.1) is 0 Å². The van der Waals surface area contributed by atoms with Gasteiger partial charge in [-0.1, -0.05) is 0 Å². The van der Waals surface area contributed by atoms with Gasteiger partial charge in [-0.2, -0.15) is 17.5 Å². The van der Waals surface area contributed by atoms with Gasteiger partial charge in [-0.05, 0) is 24.1 Å². The summed E-state index contributed by atoms with van der Waals surface area (Å²) in [6.45, 7) is 1.04. The molecule has 0 unspecified atom stereocenters. The molecule has 0 bridgehead atoms. The first kappa shape index (κ1) is 21.1. The molecule has 1 aromatic rings. The van der Waals surface area contributed by atoms with Crippen molar-refractivity contribution in [2.75, 3.05) is 12.8 Å². The zero-order valence-corrected chi connectivity index (χ0v) is 15.1. The number of amides is 1. The number of rotatable bonds is 3. The summed E-state index contributed by atoms with van der Waals surface area (Å²) in [5, 5.41) is 7.12. The molecule has 27 heavy (non-hydrogen) atoms. The van der Waals surface area contributed by atoms with E-state index in [1.54, 1.807) is 12.4 Å². The lowest BCUT2D eigenvalue weighted by molar-refractivity contribution is -0.192. The summed E-state index contributed by atoms with van der Waals surface area (Å²) in [6, 6.07) is 3.57. The molecule has 2 aliphatic rings. The van der Waals surface area contributed by atoms with Gasteiger partial charge in [0.25, 0.3) is 0 Å². The number of carboxylic acid groups (broad SMARTS) is 1. The van der Waals surface area contributed by atoms with Crippen molar-refractivity contribution in [3.8, 4) is 0 Å². The number of aliphatic carboxylic acids is 1. The second-order valence-electron chi connectivity index (χ2n) is 6.18. The van der Waals surface area contributed by atoms with E-state index in [2.05, 4.69) is 4.98 Å². The SMILES string of the molecule is CS(=O)(=O)N1CC[C@H]2[C@H]1CC(=O)N2Cc1ccncc1.O=C(O)C(F)(F)F. The van der Waals surface area contributed by atoms with Crippen LogP contribution in [-0.2, 0) is 26.2 Å². The molecular weight excluding hydrogens is 391 g/mol. The number of hydrogen-bond acceptors (Lipinski definition) is 5. The number of sulfonamides is 1. The van der Waals surface area contributed by atoms with Gasteiger partial charge in [-0.25, -0.2) is 13.2 Å². The van der Waals surface area contributed by atoms with E-state index in [-0.39, 0.29) is 18.0 Å². The molecule has 0 saturated carbocycles. The van der Waals surface area contributed by atoms with Crippen LogP contribution in [0.1, 0.15) is 18.4 Å². The first-order chi connectivity index (χ1) is 12.4. The van der Waals surface area contributed by atoms with E-state index in [9.17, 15) is 26.4 Å². The standard InChI is InChI=1S/C13H17N3O3S.C2HF3O2/c1-20(18,19)16-7-4-11-12(16)8-13(17)15(11)9-10-2-5-14-6-3-10;3-2(4,5)1(6)7/h2-3,5-6,11-12H,4,7-9H2,1H3;(H,6,7)/t11-,12+;/m0./s1. The van der Waals surface area contributed by atoms with E-state index < -0.39 is 22.2 Å². The highest BCUT2D eigenvalue weighted by Gasteiger charge is 2.49. The number of carbonyl (C=O) groups is 2. The fraction of sp³-hybridized carbons (Fsp3) is 0.533. The average Bonchev–Trinajstić information content (AvgIpc) is 3.08. The van der Waals surface area contributed by atoms with Gasteiger partial charge in [0.1, 0.15) is 0 Å². The maximum atomic E-state index is 12.2. The van der Waals surface area contributed by atoms with Crippen LogP contribution in [0.3, 0.4) is 0 Å². The van der Waals surface area contributed by atoms with Gasteiger partial charge in [0.2, 0.25) is 15.9 Å². The zero-order chi connectivity index (χ0) is 20.4. The van der Waals surface area contributed by atoms with E-state index in [0.29, 0.717) is 25.9 Å². The van der Waals surface area contributed by atoms with Crippen molar-refractivity contribution in [1.82, 2.24) is 14.2 Å². The lowest BCUT2D eigenvalue weighted by Gasteiger charge is -2.24. The highest BCUT2D eigenvalue weighted by Crippen LogP contribution is 2.34. The number of alkyl halides is 3. The van der Waals surface area contributed by atoms with E-state index >= 15 is 0 Å². The number of pyridine rings is 1. The van der Waals surface area contributed by atoms with Gasteiger partial charge < -0.3 is 10.0 Å². The van der Waals surface area contributed by atoms with E-state index in [4.69, 9.17) is 9.90 Å². The molecule has 2 fully saturated rings. The van der Waals surface area contributed by atoms with Gasteiger partial charge in [-0.3, -0.25) is 9.78 Å². The smallest absolute Gasteiger partial charge is 0.475 e. The molecule has 150 valence electrons. The van der Waals surface area contributed by atoms with Gasteiger partial charge in [0.05, 0.1) is 18.3 Å². The predicted molar refractivity (Wildman–Crippen MR) is 86.8 cm³/mol. The normalized spacial score (nSPS) is 23.0. The molecule has 12 heteroatoms. The van der Waals surface area contributed by atoms with Crippen LogP contribution in [-0.4, -0.2) is 70.7 Å². The minimum absolute atomic E-state index is 0.00499. The first-order valence-electron chi connectivity index (χ1n) is 7.86. The third-order valence-electron chi connectivity index (χ3n) is 4.33.